The van der Waals surface area contributed by atoms with Gasteiger partial charge >= 0.3 is 0 Å². The van der Waals surface area contributed by atoms with Gasteiger partial charge in [-0.15, -0.1) is 0 Å². The first-order chi connectivity index (χ1) is 12.1. The van der Waals surface area contributed by atoms with Crippen LogP contribution in [0.1, 0.15) is 22.8 Å². The minimum Gasteiger partial charge on any atom is -0.380 e. The fraction of sp³-hybridized carbons (Fsp3) is 0.263. The monoisotopic (exact) mass is 418 g/mol. The number of hydrogen-bond acceptors (Lipinski definition) is 3. The highest BCUT2D eigenvalue weighted by Crippen LogP contribution is 2.20. The zero-order valence-corrected chi connectivity index (χ0v) is 16.6. The molecule has 0 fully saturated rings. The molecule has 25 heavy (non-hydrogen) atoms. The SMILES string of the molecule is CCOCCn1c(=NC(=O)c2ccccc2Br)sc2cc(C)ccc21. The molecule has 3 rings (SSSR count). The number of rotatable bonds is 5. The fourth-order valence-electron chi connectivity index (χ4n) is 2.56. The lowest BCUT2D eigenvalue weighted by molar-refractivity contribution is 0.0996. The van der Waals surface area contributed by atoms with Gasteiger partial charge in [0.1, 0.15) is 0 Å². The van der Waals surface area contributed by atoms with Gasteiger partial charge in [0, 0.05) is 17.6 Å². The van der Waals surface area contributed by atoms with Gasteiger partial charge in [-0.3, -0.25) is 4.79 Å². The third-order valence-corrected chi connectivity index (χ3v) is 5.54. The molecule has 130 valence electrons. The summed E-state index contributed by atoms with van der Waals surface area (Å²) >= 11 is 4.95. The molecular formula is C19H19BrN2O2S. The number of amides is 1. The number of carbonyl (C=O) groups is 1. The van der Waals surface area contributed by atoms with Crippen LogP contribution in [0.3, 0.4) is 0 Å². The highest BCUT2D eigenvalue weighted by atomic mass is 79.9. The number of aromatic nitrogens is 1. The lowest BCUT2D eigenvalue weighted by atomic mass is 10.2. The van der Waals surface area contributed by atoms with Gasteiger partial charge in [-0.05, 0) is 59.6 Å². The molecule has 1 amide bonds. The first kappa shape index (κ1) is 18.0. The molecule has 0 aliphatic carbocycles. The van der Waals surface area contributed by atoms with Crippen molar-refractivity contribution in [2.75, 3.05) is 13.2 Å². The molecule has 6 heteroatoms. The molecule has 0 saturated heterocycles. The highest BCUT2D eigenvalue weighted by Gasteiger charge is 2.11. The second-order valence-electron chi connectivity index (χ2n) is 5.60. The smallest absolute Gasteiger partial charge is 0.280 e. The summed E-state index contributed by atoms with van der Waals surface area (Å²) in [7, 11) is 0. The third-order valence-electron chi connectivity index (χ3n) is 3.80. The van der Waals surface area contributed by atoms with E-state index in [1.807, 2.05) is 25.1 Å². The predicted octanol–water partition coefficient (Wildman–Crippen LogP) is 4.55. The summed E-state index contributed by atoms with van der Waals surface area (Å²) in [5.74, 6) is -0.249. The van der Waals surface area contributed by atoms with Gasteiger partial charge in [-0.2, -0.15) is 4.99 Å². The second-order valence-corrected chi connectivity index (χ2v) is 7.46. The van der Waals surface area contributed by atoms with Crippen molar-refractivity contribution in [1.82, 2.24) is 4.57 Å². The number of thiazole rings is 1. The summed E-state index contributed by atoms with van der Waals surface area (Å²) in [4.78, 5) is 17.7. The largest absolute Gasteiger partial charge is 0.380 e. The van der Waals surface area contributed by atoms with E-state index < -0.39 is 0 Å². The summed E-state index contributed by atoms with van der Waals surface area (Å²) in [5.41, 5.74) is 2.83. The lowest BCUT2D eigenvalue weighted by Gasteiger charge is -2.05. The zero-order chi connectivity index (χ0) is 17.8. The standard InChI is InChI=1S/C19H19BrN2O2S/c1-3-24-11-10-22-16-9-8-13(2)12-17(16)25-19(22)21-18(23)14-6-4-5-7-15(14)20/h4-9,12H,3,10-11H2,1-2H3. The van der Waals surface area contributed by atoms with Crippen molar-refractivity contribution in [3.63, 3.8) is 0 Å². The maximum Gasteiger partial charge on any atom is 0.280 e. The van der Waals surface area contributed by atoms with E-state index in [2.05, 4.69) is 50.6 Å². The first-order valence-electron chi connectivity index (χ1n) is 8.11. The van der Waals surface area contributed by atoms with E-state index >= 15 is 0 Å². The van der Waals surface area contributed by atoms with Gasteiger partial charge in [0.05, 0.1) is 22.4 Å². The Labute approximate surface area is 158 Å². The van der Waals surface area contributed by atoms with Crippen LogP contribution in [0.15, 0.2) is 51.9 Å². The van der Waals surface area contributed by atoms with Crippen molar-refractivity contribution in [3.05, 3.63) is 62.9 Å². The van der Waals surface area contributed by atoms with E-state index in [4.69, 9.17) is 4.74 Å². The summed E-state index contributed by atoms with van der Waals surface area (Å²) in [6, 6.07) is 13.6. The number of carbonyl (C=O) groups excluding carboxylic acids is 1. The number of aryl methyl sites for hydroxylation is 1. The maximum atomic E-state index is 12.6. The number of halogens is 1. The topological polar surface area (TPSA) is 43.6 Å². The normalized spacial score (nSPS) is 12.0. The van der Waals surface area contributed by atoms with E-state index in [9.17, 15) is 4.79 Å². The van der Waals surface area contributed by atoms with Crippen LogP contribution >= 0.6 is 27.3 Å². The molecule has 0 radical (unpaired) electrons. The molecule has 0 N–H and O–H groups in total. The highest BCUT2D eigenvalue weighted by molar-refractivity contribution is 9.10. The Kier molecular flexibility index (Phi) is 5.83. The zero-order valence-electron chi connectivity index (χ0n) is 14.2. The van der Waals surface area contributed by atoms with Crippen molar-refractivity contribution in [1.29, 1.82) is 0 Å². The molecule has 2 aromatic carbocycles. The van der Waals surface area contributed by atoms with Gasteiger partial charge in [0.15, 0.2) is 4.80 Å². The Morgan fingerprint density at radius 2 is 2.08 bits per heavy atom. The molecule has 0 bridgehead atoms. The Morgan fingerprint density at radius 1 is 1.28 bits per heavy atom. The van der Waals surface area contributed by atoms with E-state index in [0.717, 1.165) is 14.7 Å². The van der Waals surface area contributed by atoms with Crippen LogP contribution in [0.25, 0.3) is 10.2 Å². The Morgan fingerprint density at radius 3 is 2.84 bits per heavy atom. The van der Waals surface area contributed by atoms with Crippen LogP contribution in [0.5, 0.6) is 0 Å². The number of ether oxygens (including phenoxy) is 1. The van der Waals surface area contributed by atoms with Crippen LogP contribution in [-0.2, 0) is 11.3 Å². The molecular weight excluding hydrogens is 400 g/mol. The fourth-order valence-corrected chi connectivity index (χ4v) is 4.17. The Hall–Kier alpha value is -1.76. The van der Waals surface area contributed by atoms with Crippen LogP contribution in [0, 0.1) is 6.92 Å². The van der Waals surface area contributed by atoms with Crippen molar-refractivity contribution < 1.29 is 9.53 Å². The summed E-state index contributed by atoms with van der Waals surface area (Å²) < 4.78 is 9.42. The third kappa shape index (κ3) is 4.08. The first-order valence-corrected chi connectivity index (χ1v) is 9.72. The van der Waals surface area contributed by atoms with Gasteiger partial charge in [0.25, 0.3) is 5.91 Å². The van der Waals surface area contributed by atoms with Crippen LogP contribution in [0.4, 0.5) is 0 Å². The van der Waals surface area contributed by atoms with E-state index in [-0.39, 0.29) is 5.91 Å². The quantitative estimate of drug-likeness (QED) is 0.570. The van der Waals surface area contributed by atoms with Crippen LogP contribution in [-0.4, -0.2) is 23.7 Å². The molecule has 4 nitrogen and oxygen atoms in total. The van der Waals surface area contributed by atoms with Crippen LogP contribution < -0.4 is 4.80 Å². The number of nitrogens with zero attached hydrogens (tertiary/aromatic N) is 2. The van der Waals surface area contributed by atoms with Crippen molar-refractivity contribution in [2.24, 2.45) is 4.99 Å². The number of benzene rings is 2. The number of fused-ring (bicyclic) bond motifs is 1. The Bertz CT molecular complexity index is 975. The molecule has 0 unspecified atom stereocenters. The number of hydrogen-bond donors (Lipinski definition) is 0. The summed E-state index contributed by atoms with van der Waals surface area (Å²) in [6.07, 6.45) is 0. The van der Waals surface area contributed by atoms with Crippen molar-refractivity contribution in [3.8, 4) is 0 Å². The predicted molar refractivity (Wildman–Crippen MR) is 105 cm³/mol. The average Bonchev–Trinajstić information content (AvgIpc) is 2.92. The average molecular weight is 419 g/mol. The Balaban J connectivity index is 2.08. The van der Waals surface area contributed by atoms with Crippen molar-refractivity contribution in [2.45, 2.75) is 20.4 Å². The molecule has 0 saturated carbocycles. The van der Waals surface area contributed by atoms with Gasteiger partial charge < -0.3 is 9.30 Å². The van der Waals surface area contributed by atoms with E-state index in [0.29, 0.717) is 30.1 Å². The van der Waals surface area contributed by atoms with Crippen LogP contribution in [0.2, 0.25) is 0 Å². The molecule has 1 heterocycles. The summed E-state index contributed by atoms with van der Waals surface area (Å²) in [5, 5.41) is 0. The van der Waals surface area contributed by atoms with Gasteiger partial charge in [-0.1, -0.05) is 29.5 Å². The molecule has 0 spiro atoms. The minimum absolute atomic E-state index is 0.249. The minimum atomic E-state index is -0.249. The van der Waals surface area contributed by atoms with Gasteiger partial charge in [0.2, 0.25) is 0 Å². The molecule has 0 atom stereocenters. The summed E-state index contributed by atoms with van der Waals surface area (Å²) in [6.45, 7) is 5.96. The molecule has 3 aromatic rings. The molecule has 1 aromatic heterocycles. The van der Waals surface area contributed by atoms with Gasteiger partial charge in [-0.25, -0.2) is 0 Å². The van der Waals surface area contributed by atoms with Crippen molar-refractivity contribution >= 4 is 43.4 Å². The lowest BCUT2D eigenvalue weighted by Crippen LogP contribution is -2.19. The van der Waals surface area contributed by atoms with E-state index in [1.165, 1.54) is 16.9 Å². The molecule has 0 aliphatic heterocycles. The van der Waals surface area contributed by atoms with E-state index in [1.54, 1.807) is 6.07 Å². The maximum absolute atomic E-state index is 12.6. The molecule has 0 aliphatic rings. The second kappa shape index (κ2) is 8.08.